The number of rotatable bonds is 5. The second-order valence-electron chi connectivity index (χ2n) is 8.93. The third kappa shape index (κ3) is 3.98. The number of halogens is 4. The van der Waals surface area contributed by atoms with Crippen LogP contribution in [-0.2, 0) is 6.42 Å². The van der Waals surface area contributed by atoms with Gasteiger partial charge < -0.3 is 15.3 Å². The fraction of sp³-hybridized carbons (Fsp3) is 0.320. The lowest BCUT2D eigenvalue weighted by Crippen LogP contribution is -2.49. The van der Waals surface area contributed by atoms with Gasteiger partial charge in [-0.2, -0.15) is 5.26 Å². The van der Waals surface area contributed by atoms with Crippen LogP contribution in [0.4, 0.5) is 14.9 Å². The number of nitriles is 1. The van der Waals surface area contributed by atoms with Crippen molar-refractivity contribution in [3.63, 3.8) is 0 Å². The van der Waals surface area contributed by atoms with E-state index < -0.39 is 11.9 Å². The van der Waals surface area contributed by atoms with Gasteiger partial charge in [-0.3, -0.25) is 0 Å². The van der Waals surface area contributed by atoms with Crippen LogP contribution >= 0.6 is 45.8 Å². The first kappa shape index (κ1) is 24.3. The van der Waals surface area contributed by atoms with Gasteiger partial charge in [0.2, 0.25) is 0 Å². The molecule has 3 aromatic rings. The van der Waals surface area contributed by atoms with Crippen molar-refractivity contribution in [3.8, 4) is 17.2 Å². The van der Waals surface area contributed by atoms with Crippen LogP contribution in [0.2, 0.25) is 10.0 Å². The molecule has 180 valence electrons. The zero-order valence-electron chi connectivity index (χ0n) is 18.6. The summed E-state index contributed by atoms with van der Waals surface area (Å²) in [6.45, 7) is 2.32. The van der Waals surface area contributed by atoms with Gasteiger partial charge in [-0.05, 0) is 60.1 Å². The Balaban J connectivity index is 1.69. The lowest BCUT2D eigenvalue weighted by Gasteiger charge is -2.37. The van der Waals surface area contributed by atoms with E-state index in [0.29, 0.717) is 45.8 Å². The summed E-state index contributed by atoms with van der Waals surface area (Å²) in [5.74, 6) is -0.311. The highest BCUT2D eigenvalue weighted by molar-refractivity contribution is 14.1. The first-order valence-electron chi connectivity index (χ1n) is 11.1. The number of hydrogen-bond acceptors (Lipinski definition) is 4. The molecule has 10 heteroatoms. The van der Waals surface area contributed by atoms with Crippen molar-refractivity contribution >= 4 is 68.5 Å². The molecule has 1 aliphatic carbocycles. The van der Waals surface area contributed by atoms with Crippen LogP contribution in [0, 0.1) is 33.6 Å². The van der Waals surface area contributed by atoms with E-state index in [9.17, 15) is 15.2 Å². The molecule has 35 heavy (non-hydrogen) atoms. The molecular formula is C25H20Cl2FIN4O2. The molecule has 3 heterocycles. The number of fused-ring (bicyclic) bond motifs is 2. The van der Waals surface area contributed by atoms with Gasteiger partial charge in [0.05, 0.1) is 43.1 Å². The number of aryl methyl sites for hydroxylation is 2. The van der Waals surface area contributed by atoms with Crippen LogP contribution < -0.4 is 5.32 Å². The van der Waals surface area contributed by atoms with E-state index in [1.807, 2.05) is 13.0 Å². The Morgan fingerprint density at radius 2 is 2.20 bits per heavy atom. The first-order valence-corrected chi connectivity index (χ1v) is 12.9. The molecule has 1 amide bonds. The first-order chi connectivity index (χ1) is 16.7. The molecule has 0 spiro atoms. The van der Waals surface area contributed by atoms with Crippen molar-refractivity contribution in [1.82, 2.24) is 9.88 Å². The minimum Gasteiger partial charge on any atom is -0.465 e. The Labute approximate surface area is 225 Å². The van der Waals surface area contributed by atoms with Crippen LogP contribution in [0.25, 0.3) is 22.0 Å². The lowest BCUT2D eigenvalue weighted by atomic mass is 9.79. The van der Waals surface area contributed by atoms with Gasteiger partial charge in [0.1, 0.15) is 5.52 Å². The summed E-state index contributed by atoms with van der Waals surface area (Å²) in [6.07, 6.45) is 0.435. The highest BCUT2D eigenvalue weighted by Gasteiger charge is 2.54. The quantitative estimate of drug-likeness (QED) is 0.302. The average Bonchev–Trinajstić information content (AvgIpc) is 3.42. The third-order valence-electron chi connectivity index (χ3n) is 6.99. The fourth-order valence-corrected chi connectivity index (χ4v) is 6.21. The van der Waals surface area contributed by atoms with E-state index in [2.05, 4.69) is 39.0 Å². The van der Waals surface area contributed by atoms with E-state index in [-0.39, 0.29) is 35.0 Å². The van der Waals surface area contributed by atoms with Gasteiger partial charge in [0.15, 0.2) is 5.82 Å². The predicted molar refractivity (Wildman–Crippen MR) is 143 cm³/mol. The van der Waals surface area contributed by atoms with Gasteiger partial charge >= 0.3 is 6.09 Å². The van der Waals surface area contributed by atoms with Crippen LogP contribution in [0.5, 0.6) is 0 Å². The highest BCUT2D eigenvalue weighted by atomic mass is 127. The smallest absolute Gasteiger partial charge is 0.407 e. The largest absolute Gasteiger partial charge is 0.465 e. The van der Waals surface area contributed by atoms with Gasteiger partial charge in [0, 0.05) is 35.4 Å². The summed E-state index contributed by atoms with van der Waals surface area (Å²) in [4.78, 5) is 17.6. The van der Waals surface area contributed by atoms with Crippen molar-refractivity contribution < 1.29 is 14.3 Å². The summed E-state index contributed by atoms with van der Waals surface area (Å²) >= 11 is 14.9. The van der Waals surface area contributed by atoms with Crippen LogP contribution in [0.1, 0.15) is 24.1 Å². The minimum atomic E-state index is -0.917. The molecule has 2 saturated heterocycles. The fourth-order valence-electron chi connectivity index (χ4n) is 5.24. The van der Waals surface area contributed by atoms with Crippen LogP contribution in [0.3, 0.4) is 0 Å². The summed E-state index contributed by atoms with van der Waals surface area (Å²) < 4.78 is 17.1. The molecule has 2 aliphatic heterocycles. The lowest BCUT2D eigenvalue weighted by molar-refractivity contribution is 0.140. The second kappa shape index (κ2) is 9.26. The van der Waals surface area contributed by atoms with Crippen molar-refractivity contribution in [3.05, 3.63) is 55.0 Å². The molecule has 0 radical (unpaired) electrons. The number of hydrogen-bond donors (Lipinski definition) is 2. The third-order valence-corrected chi connectivity index (χ3v) is 9.13. The number of carboxylic acid groups (broad SMARTS) is 1. The maximum Gasteiger partial charge on any atom is 0.407 e. The number of nitrogens with one attached hydrogen (secondary N) is 1. The number of amides is 1. The van der Waals surface area contributed by atoms with Crippen LogP contribution in [-0.4, -0.2) is 39.7 Å². The number of pyridine rings is 1. The summed E-state index contributed by atoms with van der Waals surface area (Å²) in [5, 5.41) is 23.4. The molecule has 2 unspecified atom stereocenters. The van der Waals surface area contributed by atoms with Gasteiger partial charge in [-0.25, -0.2) is 14.2 Å². The maximum absolute atomic E-state index is 16.2. The Morgan fingerprint density at radius 1 is 1.43 bits per heavy atom. The normalized spacial score (nSPS) is 20.6. The van der Waals surface area contributed by atoms with Crippen molar-refractivity contribution in [1.29, 1.82) is 5.26 Å². The standard InChI is InChI=1S/C25H20Cl2FIN4O2/c1-11-21(29)24(32-22-13-9-17(22)33(10-13)25(34)35)15-8-12(4-3-7-30)18(20(28)23(15)31-11)14-5-2-6-16(26)19(14)27/h2,5-6,8,13,17,22H,3-4,9-10H2,1H3,(H,31,32)(H,34,35)/t13?,17?,22-/m0/s1. The zero-order valence-corrected chi connectivity index (χ0v) is 22.2. The topological polar surface area (TPSA) is 89.3 Å². The SMILES string of the molecule is Cc1nc2c(F)c(-c3cccc(Cl)c3Cl)c(CCC#N)cc2c(N[C@H]2C3CC2N(C(=O)O)C3)c1I. The molecule has 2 N–H and O–H groups in total. The Morgan fingerprint density at radius 3 is 2.89 bits per heavy atom. The Hall–Kier alpha value is -2.35. The van der Waals surface area contributed by atoms with Crippen molar-refractivity contribution in [2.45, 2.75) is 38.3 Å². The van der Waals surface area contributed by atoms with E-state index >= 15 is 4.39 Å². The number of anilines is 1. The summed E-state index contributed by atoms with van der Waals surface area (Å²) in [6, 6.07) is 8.91. The molecule has 1 aromatic heterocycles. The van der Waals surface area contributed by atoms with Crippen molar-refractivity contribution in [2.24, 2.45) is 5.92 Å². The summed E-state index contributed by atoms with van der Waals surface area (Å²) in [5.41, 5.74) is 2.97. The van der Waals surface area contributed by atoms with E-state index in [0.717, 1.165) is 15.7 Å². The predicted octanol–water partition coefficient (Wildman–Crippen LogP) is 6.88. The van der Waals surface area contributed by atoms with E-state index in [4.69, 9.17) is 23.2 Å². The molecule has 2 aromatic carbocycles. The van der Waals surface area contributed by atoms with Gasteiger partial charge in [0.25, 0.3) is 0 Å². The number of benzene rings is 2. The second-order valence-corrected chi connectivity index (χ2v) is 10.8. The van der Waals surface area contributed by atoms with E-state index in [1.54, 1.807) is 18.2 Å². The molecule has 3 aliphatic rings. The molecule has 3 fully saturated rings. The van der Waals surface area contributed by atoms with Gasteiger partial charge in [-0.15, -0.1) is 0 Å². The monoisotopic (exact) mass is 624 g/mol. The van der Waals surface area contributed by atoms with Crippen molar-refractivity contribution in [2.75, 3.05) is 11.9 Å². The minimum absolute atomic E-state index is 0.0442. The average molecular weight is 625 g/mol. The number of aromatic nitrogens is 1. The molecule has 3 atom stereocenters. The van der Waals surface area contributed by atoms with E-state index in [1.165, 1.54) is 4.90 Å². The maximum atomic E-state index is 16.2. The number of nitrogens with zero attached hydrogens (tertiary/aromatic N) is 3. The molecular weight excluding hydrogens is 605 g/mol. The zero-order chi connectivity index (χ0) is 25.0. The molecule has 6 nitrogen and oxygen atoms in total. The summed E-state index contributed by atoms with van der Waals surface area (Å²) in [7, 11) is 0. The Kier molecular flexibility index (Phi) is 6.45. The molecule has 2 bridgehead atoms. The van der Waals surface area contributed by atoms with Gasteiger partial charge in [-0.1, -0.05) is 35.3 Å². The molecule has 6 rings (SSSR count). The highest BCUT2D eigenvalue weighted by Crippen LogP contribution is 2.46. The Bertz CT molecular complexity index is 1430. The van der Waals surface area contributed by atoms with Crippen LogP contribution in [0.15, 0.2) is 24.3 Å². The molecule has 1 saturated carbocycles. The number of carbonyl (C=O) groups is 1.